The van der Waals surface area contributed by atoms with Gasteiger partial charge in [-0.3, -0.25) is 4.98 Å². The van der Waals surface area contributed by atoms with Crippen molar-refractivity contribution in [1.82, 2.24) is 4.98 Å². The van der Waals surface area contributed by atoms with E-state index >= 15 is 0 Å². The molecule has 2 rings (SSSR count). The number of hydrogen-bond acceptors (Lipinski definition) is 2. The van der Waals surface area contributed by atoms with Crippen LogP contribution < -0.4 is 5.32 Å². The third kappa shape index (κ3) is 3.10. The molecule has 0 radical (unpaired) electrons. The van der Waals surface area contributed by atoms with E-state index in [2.05, 4.69) is 54.5 Å². The first-order chi connectivity index (χ1) is 8.66. The Morgan fingerprint density at radius 1 is 1.00 bits per heavy atom. The molecule has 0 amide bonds. The minimum atomic E-state index is 0.315. The maximum atomic E-state index is 4.32. The molecule has 0 fully saturated rings. The van der Waals surface area contributed by atoms with Gasteiger partial charge in [0.15, 0.2) is 0 Å². The lowest BCUT2D eigenvalue weighted by molar-refractivity contribution is 0.546. The van der Waals surface area contributed by atoms with Crippen molar-refractivity contribution >= 4 is 5.69 Å². The van der Waals surface area contributed by atoms with Gasteiger partial charge < -0.3 is 5.32 Å². The molecule has 0 spiro atoms. The van der Waals surface area contributed by atoms with Gasteiger partial charge in [0.1, 0.15) is 0 Å². The average molecular weight is 240 g/mol. The van der Waals surface area contributed by atoms with E-state index in [-0.39, 0.29) is 0 Å². The van der Waals surface area contributed by atoms with Gasteiger partial charge in [-0.15, -0.1) is 0 Å². The van der Waals surface area contributed by atoms with Gasteiger partial charge in [0, 0.05) is 5.69 Å². The van der Waals surface area contributed by atoms with Crippen LogP contribution in [0.3, 0.4) is 0 Å². The largest absolute Gasteiger partial charge is 0.377 e. The molecule has 1 heterocycles. The fourth-order valence-corrected chi connectivity index (χ4v) is 2.03. The number of nitrogens with zero attached hydrogens (tertiary/aromatic N) is 1. The number of aryl methyl sites for hydroxylation is 1. The van der Waals surface area contributed by atoms with Gasteiger partial charge in [-0.25, -0.2) is 0 Å². The highest BCUT2D eigenvalue weighted by Crippen LogP contribution is 2.25. The summed E-state index contributed by atoms with van der Waals surface area (Å²) in [6.07, 6.45) is 1.90. The van der Waals surface area contributed by atoms with Gasteiger partial charge in [0.05, 0.1) is 17.9 Å². The Hall–Kier alpha value is -1.83. The lowest BCUT2D eigenvalue weighted by Gasteiger charge is -2.24. The summed E-state index contributed by atoms with van der Waals surface area (Å²) in [5.41, 5.74) is 3.43. The van der Waals surface area contributed by atoms with E-state index in [1.54, 1.807) is 0 Å². The smallest absolute Gasteiger partial charge is 0.0537 e. The molecule has 2 heteroatoms. The van der Waals surface area contributed by atoms with Crippen molar-refractivity contribution in [3.8, 4) is 0 Å². The molecule has 1 aromatic carbocycles. The molecule has 1 aromatic heterocycles. The normalized spacial score (nSPS) is 12.4. The van der Waals surface area contributed by atoms with Gasteiger partial charge in [0.2, 0.25) is 0 Å². The maximum absolute atomic E-state index is 4.32. The Labute approximate surface area is 109 Å². The van der Waals surface area contributed by atoms with E-state index in [1.165, 1.54) is 5.56 Å². The highest BCUT2D eigenvalue weighted by Gasteiger charge is 2.15. The van der Waals surface area contributed by atoms with Crippen LogP contribution in [-0.4, -0.2) is 4.98 Å². The predicted molar refractivity (Wildman–Crippen MR) is 76.6 cm³/mol. The van der Waals surface area contributed by atoms with Crippen molar-refractivity contribution in [2.45, 2.75) is 26.8 Å². The van der Waals surface area contributed by atoms with Crippen LogP contribution in [0.25, 0.3) is 0 Å². The molecule has 0 aliphatic heterocycles. The van der Waals surface area contributed by atoms with Crippen LogP contribution in [0.5, 0.6) is 0 Å². The lowest BCUT2D eigenvalue weighted by Crippen LogP contribution is -2.16. The fourth-order valence-electron chi connectivity index (χ4n) is 2.03. The van der Waals surface area contributed by atoms with Gasteiger partial charge in [0.25, 0.3) is 0 Å². The van der Waals surface area contributed by atoms with E-state index in [9.17, 15) is 0 Å². The van der Waals surface area contributed by atoms with E-state index in [0.29, 0.717) is 12.0 Å². The second kappa shape index (κ2) is 5.67. The number of aromatic nitrogens is 1. The molecule has 0 bridgehead atoms. The van der Waals surface area contributed by atoms with Gasteiger partial charge in [-0.2, -0.15) is 0 Å². The van der Waals surface area contributed by atoms with E-state index < -0.39 is 0 Å². The van der Waals surface area contributed by atoms with Crippen molar-refractivity contribution in [1.29, 1.82) is 0 Å². The number of nitrogens with one attached hydrogen (secondary N) is 1. The van der Waals surface area contributed by atoms with Crippen LogP contribution in [0.1, 0.15) is 31.1 Å². The van der Waals surface area contributed by atoms with Crippen molar-refractivity contribution < 1.29 is 0 Å². The van der Waals surface area contributed by atoms with Crippen LogP contribution in [0, 0.1) is 12.8 Å². The molecule has 1 atom stereocenters. The number of hydrogen-bond donors (Lipinski definition) is 1. The van der Waals surface area contributed by atoms with Gasteiger partial charge >= 0.3 is 0 Å². The standard InChI is InChI=1S/C16H20N2/c1-12(2)16(14-7-5-4-6-8-14)18-15-10-9-13(3)17-11-15/h4-12,16,18H,1-3H3. The fraction of sp³-hybridized carbons (Fsp3) is 0.312. The second-order valence-electron chi connectivity index (χ2n) is 4.96. The van der Waals surface area contributed by atoms with Crippen LogP contribution in [0.4, 0.5) is 5.69 Å². The SMILES string of the molecule is Cc1ccc(NC(c2ccccc2)C(C)C)cn1. The number of pyridine rings is 1. The summed E-state index contributed by atoms with van der Waals surface area (Å²) in [5.74, 6) is 0.522. The van der Waals surface area contributed by atoms with Crippen molar-refractivity contribution in [2.24, 2.45) is 5.92 Å². The molecule has 0 aliphatic carbocycles. The van der Waals surface area contributed by atoms with Gasteiger partial charge in [-0.05, 0) is 30.5 Å². The zero-order valence-electron chi connectivity index (χ0n) is 11.2. The van der Waals surface area contributed by atoms with Crippen LogP contribution in [0.2, 0.25) is 0 Å². The monoisotopic (exact) mass is 240 g/mol. The second-order valence-corrected chi connectivity index (χ2v) is 4.96. The maximum Gasteiger partial charge on any atom is 0.0537 e. The minimum absolute atomic E-state index is 0.315. The topological polar surface area (TPSA) is 24.9 Å². The van der Waals surface area contributed by atoms with Crippen LogP contribution in [0.15, 0.2) is 48.7 Å². The third-order valence-corrected chi connectivity index (χ3v) is 3.06. The summed E-state index contributed by atoms with van der Waals surface area (Å²) in [7, 11) is 0. The number of anilines is 1. The molecule has 0 aliphatic rings. The van der Waals surface area contributed by atoms with Crippen molar-refractivity contribution in [2.75, 3.05) is 5.32 Å². The van der Waals surface area contributed by atoms with Crippen molar-refractivity contribution in [3.05, 3.63) is 59.9 Å². The van der Waals surface area contributed by atoms with E-state index in [1.807, 2.05) is 25.3 Å². The molecule has 0 saturated carbocycles. The Balaban J connectivity index is 2.19. The number of rotatable bonds is 4. The molecule has 0 saturated heterocycles. The summed E-state index contributed by atoms with van der Waals surface area (Å²) < 4.78 is 0. The predicted octanol–water partition coefficient (Wildman–Crippen LogP) is 4.20. The third-order valence-electron chi connectivity index (χ3n) is 3.06. The zero-order valence-corrected chi connectivity index (χ0v) is 11.2. The molecule has 2 aromatic rings. The molecular formula is C16H20N2. The summed E-state index contributed by atoms with van der Waals surface area (Å²) in [6.45, 7) is 6.46. The molecule has 94 valence electrons. The summed E-state index contributed by atoms with van der Waals surface area (Å²) >= 11 is 0. The molecule has 2 nitrogen and oxygen atoms in total. The van der Waals surface area contributed by atoms with E-state index in [0.717, 1.165) is 11.4 Å². The Morgan fingerprint density at radius 3 is 2.28 bits per heavy atom. The number of benzene rings is 1. The highest BCUT2D eigenvalue weighted by molar-refractivity contribution is 5.44. The van der Waals surface area contributed by atoms with Crippen LogP contribution in [-0.2, 0) is 0 Å². The summed E-state index contributed by atoms with van der Waals surface area (Å²) in [4.78, 5) is 4.32. The molecule has 1 N–H and O–H groups in total. The summed E-state index contributed by atoms with van der Waals surface area (Å²) in [6, 6.07) is 15.0. The van der Waals surface area contributed by atoms with Crippen LogP contribution >= 0.6 is 0 Å². The quantitative estimate of drug-likeness (QED) is 0.866. The average Bonchev–Trinajstić information content (AvgIpc) is 2.38. The minimum Gasteiger partial charge on any atom is -0.377 e. The summed E-state index contributed by atoms with van der Waals surface area (Å²) in [5, 5.41) is 3.56. The first-order valence-corrected chi connectivity index (χ1v) is 6.41. The molecular weight excluding hydrogens is 220 g/mol. The van der Waals surface area contributed by atoms with Gasteiger partial charge in [-0.1, -0.05) is 44.2 Å². The highest BCUT2D eigenvalue weighted by atomic mass is 14.9. The van der Waals surface area contributed by atoms with Crippen molar-refractivity contribution in [3.63, 3.8) is 0 Å². The Bertz CT molecular complexity index is 474. The lowest BCUT2D eigenvalue weighted by atomic mass is 9.96. The zero-order chi connectivity index (χ0) is 13.0. The van der Waals surface area contributed by atoms with E-state index in [4.69, 9.17) is 0 Å². The Morgan fingerprint density at radius 2 is 1.72 bits per heavy atom. The Kier molecular flexibility index (Phi) is 3.98. The first kappa shape index (κ1) is 12.6. The molecule has 18 heavy (non-hydrogen) atoms. The first-order valence-electron chi connectivity index (χ1n) is 6.41. The molecule has 1 unspecified atom stereocenters.